The summed E-state index contributed by atoms with van der Waals surface area (Å²) in [5, 5.41) is 13.9. The molecule has 4 heteroatoms. The predicted molar refractivity (Wildman–Crippen MR) is 126 cm³/mol. The van der Waals surface area contributed by atoms with E-state index in [1.165, 1.54) is 41.3 Å². The van der Waals surface area contributed by atoms with Crippen molar-refractivity contribution < 1.29 is 4.79 Å². The van der Waals surface area contributed by atoms with Gasteiger partial charge in [0.1, 0.15) is 6.54 Å². The van der Waals surface area contributed by atoms with E-state index in [1.807, 2.05) is 18.2 Å². The number of rotatable bonds is 6. The van der Waals surface area contributed by atoms with Gasteiger partial charge in [0.15, 0.2) is 0 Å². The summed E-state index contributed by atoms with van der Waals surface area (Å²) in [6.45, 7) is 3.27. The molecule has 1 fully saturated rings. The van der Waals surface area contributed by atoms with Crippen LogP contribution >= 0.6 is 0 Å². The van der Waals surface area contributed by atoms with Crippen LogP contribution in [0.1, 0.15) is 54.4 Å². The highest BCUT2D eigenvalue weighted by Gasteiger charge is 2.28. The van der Waals surface area contributed by atoms with E-state index in [0.29, 0.717) is 17.5 Å². The summed E-state index contributed by atoms with van der Waals surface area (Å²) >= 11 is 0. The van der Waals surface area contributed by atoms with Crippen LogP contribution in [-0.2, 0) is 0 Å². The smallest absolute Gasteiger partial charge is 0.252 e. The lowest BCUT2D eigenvalue weighted by atomic mass is 9.80. The van der Waals surface area contributed by atoms with Crippen LogP contribution in [0.5, 0.6) is 0 Å². The Hall–Kier alpha value is -3.32. The number of carbonyl (C=O) groups is 1. The minimum Gasteiger partial charge on any atom is -0.368 e. The average molecular weight is 412 g/mol. The zero-order valence-electron chi connectivity index (χ0n) is 18.1. The van der Waals surface area contributed by atoms with Crippen LogP contribution in [0.3, 0.4) is 0 Å². The van der Waals surface area contributed by atoms with E-state index >= 15 is 0 Å². The van der Waals surface area contributed by atoms with Crippen molar-refractivity contribution in [3.63, 3.8) is 0 Å². The van der Waals surface area contributed by atoms with E-state index in [4.69, 9.17) is 5.26 Å². The van der Waals surface area contributed by atoms with Crippen molar-refractivity contribution in [2.24, 2.45) is 0 Å². The lowest BCUT2D eigenvalue weighted by Gasteiger charge is -2.39. The minimum absolute atomic E-state index is 0.0336. The quantitative estimate of drug-likeness (QED) is 0.534. The molecule has 0 heterocycles. The molecule has 0 aliphatic heterocycles. The third-order valence-corrected chi connectivity index (χ3v) is 6.48. The number of fused-ring (bicyclic) bond motifs is 1. The normalized spacial score (nSPS) is 18.3. The monoisotopic (exact) mass is 411 g/mol. The molecule has 3 aromatic rings. The second kappa shape index (κ2) is 9.66. The molecule has 1 N–H and O–H groups in total. The number of nitriles is 1. The molecule has 2 atom stereocenters. The highest BCUT2D eigenvalue weighted by atomic mass is 16.1. The number of hydrogen-bond acceptors (Lipinski definition) is 3. The number of carbonyl (C=O) groups excluding carboxylic acids is 1. The molecular formula is C27H29N3O. The van der Waals surface area contributed by atoms with Gasteiger partial charge in [-0.25, -0.2) is 0 Å². The largest absolute Gasteiger partial charge is 0.368 e. The van der Waals surface area contributed by atoms with Crippen LogP contribution in [-0.4, -0.2) is 25.0 Å². The van der Waals surface area contributed by atoms with Crippen LogP contribution in [0.4, 0.5) is 5.69 Å². The first-order chi connectivity index (χ1) is 15.2. The van der Waals surface area contributed by atoms with E-state index in [2.05, 4.69) is 71.7 Å². The third-order valence-electron chi connectivity index (χ3n) is 6.48. The molecule has 0 spiro atoms. The molecule has 2 unspecified atom stereocenters. The fraction of sp³-hybridized carbons (Fsp3) is 0.333. The molecule has 1 saturated carbocycles. The van der Waals surface area contributed by atoms with Gasteiger partial charge in [-0.2, -0.15) is 5.26 Å². The number of nitrogens with zero attached hydrogens (tertiary/aromatic N) is 2. The highest BCUT2D eigenvalue weighted by molar-refractivity contribution is 5.95. The van der Waals surface area contributed by atoms with Crippen LogP contribution in [0.2, 0.25) is 0 Å². The zero-order valence-corrected chi connectivity index (χ0v) is 18.1. The van der Waals surface area contributed by atoms with E-state index in [-0.39, 0.29) is 12.5 Å². The predicted octanol–water partition coefficient (Wildman–Crippen LogP) is 5.65. The Labute approximate surface area is 184 Å². The second-order valence-corrected chi connectivity index (χ2v) is 8.26. The van der Waals surface area contributed by atoms with Crippen molar-refractivity contribution >= 4 is 22.4 Å². The van der Waals surface area contributed by atoms with Gasteiger partial charge in [-0.15, -0.1) is 0 Å². The lowest BCUT2D eigenvalue weighted by molar-refractivity contribution is 0.0958. The summed E-state index contributed by atoms with van der Waals surface area (Å²) in [5.41, 5.74) is 3.24. The minimum atomic E-state index is -0.192. The van der Waals surface area contributed by atoms with Gasteiger partial charge in [0.2, 0.25) is 0 Å². The summed E-state index contributed by atoms with van der Waals surface area (Å²) in [4.78, 5) is 14.6. The van der Waals surface area contributed by atoms with Gasteiger partial charge in [0, 0.05) is 29.2 Å². The maximum absolute atomic E-state index is 12.1. The topological polar surface area (TPSA) is 56.1 Å². The number of anilines is 1. The molecule has 1 aliphatic carbocycles. The van der Waals surface area contributed by atoms with E-state index in [1.54, 1.807) is 0 Å². The van der Waals surface area contributed by atoms with E-state index in [9.17, 15) is 4.79 Å². The highest BCUT2D eigenvalue weighted by Crippen LogP contribution is 2.38. The summed E-state index contributed by atoms with van der Waals surface area (Å²) in [7, 11) is 0. The molecule has 0 saturated heterocycles. The first-order valence-corrected chi connectivity index (χ1v) is 11.2. The average Bonchev–Trinajstić information content (AvgIpc) is 2.83. The fourth-order valence-corrected chi connectivity index (χ4v) is 4.96. The van der Waals surface area contributed by atoms with Gasteiger partial charge in [-0.1, -0.05) is 55.0 Å². The maximum Gasteiger partial charge on any atom is 0.252 e. The number of nitrogens with one attached hydrogen (secondary N) is 1. The number of amides is 1. The van der Waals surface area contributed by atoms with Crippen LogP contribution in [0.15, 0.2) is 66.7 Å². The Kier molecular flexibility index (Phi) is 6.52. The lowest BCUT2D eigenvalue weighted by Crippen LogP contribution is -2.38. The summed E-state index contributed by atoms with van der Waals surface area (Å²) in [5.74, 6) is 0.307. The van der Waals surface area contributed by atoms with Gasteiger partial charge < -0.3 is 10.2 Å². The van der Waals surface area contributed by atoms with Crippen LogP contribution in [0, 0.1) is 11.3 Å². The van der Waals surface area contributed by atoms with Gasteiger partial charge in [-0.3, -0.25) is 4.79 Å². The fourth-order valence-electron chi connectivity index (χ4n) is 4.96. The van der Waals surface area contributed by atoms with E-state index in [0.717, 1.165) is 13.0 Å². The molecule has 158 valence electrons. The van der Waals surface area contributed by atoms with Gasteiger partial charge >= 0.3 is 0 Å². The van der Waals surface area contributed by atoms with Crippen molar-refractivity contribution in [2.45, 2.75) is 44.6 Å². The molecule has 31 heavy (non-hydrogen) atoms. The van der Waals surface area contributed by atoms with Gasteiger partial charge in [0.05, 0.1) is 6.07 Å². The Balaban J connectivity index is 1.52. The van der Waals surface area contributed by atoms with Crippen LogP contribution in [0.25, 0.3) is 10.8 Å². The van der Waals surface area contributed by atoms with Crippen molar-refractivity contribution in [2.75, 3.05) is 18.0 Å². The Morgan fingerprint density at radius 1 is 1.06 bits per heavy atom. The molecule has 4 rings (SSSR count). The van der Waals surface area contributed by atoms with Gasteiger partial charge in [0.25, 0.3) is 5.91 Å². The molecule has 3 aromatic carbocycles. The standard InChI is InChI=1S/C27H29N3O/c1-2-30(26-12-6-8-21-7-3-4-11-25(21)26)24-10-5-9-23(19-24)20-13-15-22(16-14-20)27(31)29-18-17-28/h3-4,6-8,11-16,23-24H,2,5,9-10,18-19H2,1H3,(H,29,31). The SMILES string of the molecule is CCN(c1cccc2ccccc12)C1CCCC(c2ccc(C(=O)NCC#N)cc2)C1. The summed E-state index contributed by atoms with van der Waals surface area (Å²) < 4.78 is 0. The van der Waals surface area contributed by atoms with E-state index < -0.39 is 0 Å². The van der Waals surface area contributed by atoms with Crippen LogP contribution < -0.4 is 10.2 Å². The van der Waals surface area contributed by atoms with Gasteiger partial charge in [-0.05, 0) is 61.3 Å². The summed E-state index contributed by atoms with van der Waals surface area (Å²) in [6, 6.07) is 25.6. The Morgan fingerprint density at radius 3 is 2.61 bits per heavy atom. The van der Waals surface area contributed by atoms with Crippen molar-refractivity contribution in [1.82, 2.24) is 5.32 Å². The molecule has 1 aliphatic rings. The molecular weight excluding hydrogens is 382 g/mol. The molecule has 0 aromatic heterocycles. The Bertz CT molecular complexity index is 1080. The maximum atomic E-state index is 12.1. The third kappa shape index (κ3) is 4.56. The number of hydrogen-bond donors (Lipinski definition) is 1. The van der Waals surface area contributed by atoms with Crippen molar-refractivity contribution in [1.29, 1.82) is 5.26 Å². The van der Waals surface area contributed by atoms with Crippen molar-refractivity contribution in [3.05, 3.63) is 77.9 Å². The zero-order chi connectivity index (χ0) is 21.6. The second-order valence-electron chi connectivity index (χ2n) is 8.26. The first-order valence-electron chi connectivity index (χ1n) is 11.2. The first kappa shape index (κ1) is 20.9. The van der Waals surface area contributed by atoms with Crippen molar-refractivity contribution in [3.8, 4) is 6.07 Å². The molecule has 1 amide bonds. The molecule has 0 radical (unpaired) electrons. The molecule has 0 bridgehead atoms. The molecule has 4 nitrogen and oxygen atoms in total. The number of benzene rings is 3. The summed E-state index contributed by atoms with van der Waals surface area (Å²) in [6.07, 6.45) is 4.73. The Morgan fingerprint density at radius 2 is 1.84 bits per heavy atom.